The quantitative estimate of drug-likeness (QED) is 0.777. The molecule has 0 unspecified atom stereocenters. The summed E-state index contributed by atoms with van der Waals surface area (Å²) in [5.41, 5.74) is 1.18. The van der Waals surface area contributed by atoms with Gasteiger partial charge in [-0.2, -0.15) is 0 Å². The Bertz CT molecular complexity index is 932. The van der Waals surface area contributed by atoms with E-state index in [9.17, 15) is 18.4 Å². The Hall–Kier alpha value is -2.96. The summed E-state index contributed by atoms with van der Waals surface area (Å²) >= 11 is 0. The standard InChI is InChI=1S/C22H23F2N3O2/c1-25(2)22(29)27-12-16-11-26(21(28)14-6-8-17(23)9-7-14)13-19(16)20(27)15-4-3-5-18(24)10-15/h3-10,16,19-20H,11-13H2,1-2H3/t16-,19-,20+/m1/s1. The fourth-order valence-electron chi connectivity index (χ4n) is 4.56. The van der Waals surface area contributed by atoms with Gasteiger partial charge < -0.3 is 14.7 Å². The van der Waals surface area contributed by atoms with Crippen LogP contribution in [0.25, 0.3) is 0 Å². The summed E-state index contributed by atoms with van der Waals surface area (Å²) in [6, 6.07) is 11.4. The van der Waals surface area contributed by atoms with Crippen molar-refractivity contribution < 1.29 is 18.4 Å². The molecule has 2 aliphatic rings. The van der Waals surface area contributed by atoms with Crippen molar-refractivity contribution in [1.29, 1.82) is 0 Å². The number of rotatable bonds is 2. The molecule has 2 fully saturated rings. The third kappa shape index (κ3) is 3.57. The van der Waals surface area contributed by atoms with Gasteiger partial charge in [-0.3, -0.25) is 4.79 Å². The molecular formula is C22H23F2N3O2. The molecule has 3 atom stereocenters. The van der Waals surface area contributed by atoms with Crippen LogP contribution in [0.2, 0.25) is 0 Å². The predicted molar refractivity (Wildman–Crippen MR) is 104 cm³/mol. The van der Waals surface area contributed by atoms with Crippen LogP contribution in [-0.2, 0) is 0 Å². The fourth-order valence-corrected chi connectivity index (χ4v) is 4.56. The highest BCUT2D eigenvalue weighted by atomic mass is 19.1. The second-order valence-corrected chi connectivity index (χ2v) is 7.97. The first kappa shape index (κ1) is 19.4. The van der Waals surface area contributed by atoms with Gasteiger partial charge in [0.15, 0.2) is 0 Å². The van der Waals surface area contributed by atoms with E-state index in [1.54, 1.807) is 30.0 Å². The molecule has 2 heterocycles. The van der Waals surface area contributed by atoms with Crippen LogP contribution in [0.1, 0.15) is 22.0 Å². The Morgan fingerprint density at radius 1 is 0.966 bits per heavy atom. The lowest BCUT2D eigenvalue weighted by molar-refractivity contribution is 0.0766. The number of fused-ring (bicyclic) bond motifs is 1. The van der Waals surface area contributed by atoms with Crippen molar-refractivity contribution in [3.63, 3.8) is 0 Å². The van der Waals surface area contributed by atoms with Gasteiger partial charge in [0.25, 0.3) is 5.91 Å². The SMILES string of the molecule is CN(C)C(=O)N1C[C@H]2CN(C(=O)c3ccc(F)cc3)C[C@H]2[C@@H]1c1cccc(F)c1. The third-order valence-electron chi connectivity index (χ3n) is 5.86. The number of carbonyl (C=O) groups excluding carboxylic acids is 2. The molecule has 3 amide bonds. The zero-order chi connectivity index (χ0) is 20.7. The number of hydrogen-bond acceptors (Lipinski definition) is 2. The van der Waals surface area contributed by atoms with E-state index in [0.717, 1.165) is 5.56 Å². The van der Waals surface area contributed by atoms with E-state index in [1.807, 2.05) is 6.07 Å². The minimum atomic E-state index is -0.385. The number of nitrogens with zero attached hydrogens (tertiary/aromatic N) is 3. The van der Waals surface area contributed by atoms with Gasteiger partial charge in [-0.15, -0.1) is 0 Å². The van der Waals surface area contributed by atoms with E-state index in [-0.39, 0.29) is 41.5 Å². The van der Waals surface area contributed by atoms with Crippen molar-refractivity contribution in [1.82, 2.24) is 14.7 Å². The maximum atomic E-state index is 13.9. The van der Waals surface area contributed by atoms with Crippen molar-refractivity contribution in [2.24, 2.45) is 11.8 Å². The lowest BCUT2D eigenvalue weighted by Crippen LogP contribution is -2.42. The molecule has 0 aromatic heterocycles. The molecule has 7 heteroatoms. The van der Waals surface area contributed by atoms with Gasteiger partial charge in [0.2, 0.25) is 0 Å². The van der Waals surface area contributed by atoms with E-state index in [2.05, 4.69) is 0 Å². The van der Waals surface area contributed by atoms with Crippen molar-refractivity contribution in [3.05, 3.63) is 71.3 Å². The normalized spacial score (nSPS) is 23.2. The van der Waals surface area contributed by atoms with E-state index in [0.29, 0.717) is 25.2 Å². The highest BCUT2D eigenvalue weighted by Gasteiger charge is 2.50. The molecule has 5 nitrogen and oxygen atoms in total. The van der Waals surface area contributed by atoms with Crippen molar-refractivity contribution in [3.8, 4) is 0 Å². The Balaban J connectivity index is 1.61. The van der Waals surface area contributed by atoms with Gasteiger partial charge in [-0.1, -0.05) is 12.1 Å². The summed E-state index contributed by atoms with van der Waals surface area (Å²) in [4.78, 5) is 30.7. The number of halogens is 2. The molecule has 152 valence electrons. The van der Waals surface area contributed by atoms with Crippen LogP contribution >= 0.6 is 0 Å². The molecule has 0 N–H and O–H groups in total. The molecular weight excluding hydrogens is 376 g/mol. The molecule has 0 bridgehead atoms. The summed E-state index contributed by atoms with van der Waals surface area (Å²) < 4.78 is 27.1. The number of hydrogen-bond donors (Lipinski definition) is 0. The summed E-state index contributed by atoms with van der Waals surface area (Å²) in [6.45, 7) is 1.50. The lowest BCUT2D eigenvalue weighted by Gasteiger charge is -2.32. The van der Waals surface area contributed by atoms with Crippen LogP contribution < -0.4 is 0 Å². The topological polar surface area (TPSA) is 43.9 Å². The average molecular weight is 399 g/mol. The highest BCUT2D eigenvalue weighted by molar-refractivity contribution is 5.94. The minimum absolute atomic E-state index is 0.0186. The van der Waals surface area contributed by atoms with Gasteiger partial charge in [-0.05, 0) is 42.0 Å². The summed E-state index contributed by atoms with van der Waals surface area (Å²) in [6.07, 6.45) is 0. The van der Waals surface area contributed by atoms with E-state index < -0.39 is 0 Å². The van der Waals surface area contributed by atoms with Crippen LogP contribution in [0.4, 0.5) is 13.6 Å². The average Bonchev–Trinajstić information content (AvgIpc) is 3.25. The molecule has 2 aromatic rings. The third-order valence-corrected chi connectivity index (χ3v) is 5.86. The van der Waals surface area contributed by atoms with E-state index in [4.69, 9.17) is 0 Å². The second kappa shape index (κ2) is 7.46. The molecule has 29 heavy (non-hydrogen) atoms. The van der Waals surface area contributed by atoms with Crippen LogP contribution in [0.5, 0.6) is 0 Å². The molecule has 0 spiro atoms. The molecule has 4 rings (SSSR count). The Morgan fingerprint density at radius 3 is 2.34 bits per heavy atom. The summed E-state index contributed by atoms with van der Waals surface area (Å²) in [5.74, 6) is -0.756. The number of amides is 3. The van der Waals surface area contributed by atoms with Gasteiger partial charge in [-0.25, -0.2) is 13.6 Å². The van der Waals surface area contributed by atoms with Crippen LogP contribution in [0.15, 0.2) is 48.5 Å². The zero-order valence-corrected chi connectivity index (χ0v) is 16.4. The predicted octanol–water partition coefficient (Wildman–Crippen LogP) is 3.39. The van der Waals surface area contributed by atoms with E-state index >= 15 is 0 Å². The van der Waals surface area contributed by atoms with Crippen LogP contribution in [-0.4, -0.2) is 60.4 Å². The van der Waals surface area contributed by atoms with Crippen molar-refractivity contribution in [2.45, 2.75) is 6.04 Å². The zero-order valence-electron chi connectivity index (χ0n) is 16.4. The van der Waals surface area contributed by atoms with Crippen LogP contribution in [0.3, 0.4) is 0 Å². The minimum Gasteiger partial charge on any atom is -0.338 e. The second-order valence-electron chi connectivity index (χ2n) is 7.97. The van der Waals surface area contributed by atoms with Gasteiger partial charge in [0, 0.05) is 51.1 Å². The Kier molecular flexibility index (Phi) is 4.98. The number of benzene rings is 2. The summed E-state index contributed by atoms with van der Waals surface area (Å²) in [7, 11) is 3.40. The number of likely N-dealkylation sites (tertiary alicyclic amines) is 2. The molecule has 2 aliphatic heterocycles. The van der Waals surface area contributed by atoms with E-state index in [1.165, 1.54) is 41.3 Å². The first-order chi connectivity index (χ1) is 13.8. The fraction of sp³-hybridized carbons (Fsp3) is 0.364. The number of carbonyl (C=O) groups is 2. The highest BCUT2D eigenvalue weighted by Crippen LogP contribution is 2.45. The number of urea groups is 1. The summed E-state index contributed by atoms with van der Waals surface area (Å²) in [5, 5.41) is 0. The molecule has 2 aromatic carbocycles. The molecule has 0 saturated carbocycles. The van der Waals surface area contributed by atoms with Crippen molar-refractivity contribution >= 4 is 11.9 Å². The Labute approximate surface area is 168 Å². The maximum absolute atomic E-state index is 13.9. The smallest absolute Gasteiger partial charge is 0.320 e. The lowest BCUT2D eigenvalue weighted by atomic mass is 9.89. The molecule has 0 radical (unpaired) electrons. The first-order valence-electron chi connectivity index (χ1n) is 9.63. The maximum Gasteiger partial charge on any atom is 0.320 e. The largest absolute Gasteiger partial charge is 0.338 e. The molecule has 0 aliphatic carbocycles. The first-order valence-corrected chi connectivity index (χ1v) is 9.63. The molecule has 2 saturated heterocycles. The monoisotopic (exact) mass is 399 g/mol. The van der Waals surface area contributed by atoms with Crippen molar-refractivity contribution in [2.75, 3.05) is 33.7 Å². The Morgan fingerprint density at radius 2 is 1.69 bits per heavy atom. The van der Waals surface area contributed by atoms with Crippen LogP contribution in [0, 0.1) is 23.5 Å². The van der Waals surface area contributed by atoms with Gasteiger partial charge >= 0.3 is 6.03 Å². The van der Waals surface area contributed by atoms with Gasteiger partial charge in [0.05, 0.1) is 6.04 Å². The van der Waals surface area contributed by atoms with Gasteiger partial charge in [0.1, 0.15) is 11.6 Å².